The van der Waals surface area contributed by atoms with Crippen LogP contribution in [0.4, 0.5) is 0 Å². The van der Waals surface area contributed by atoms with E-state index >= 15 is 0 Å². The van der Waals surface area contributed by atoms with Crippen LogP contribution in [-0.4, -0.2) is 55.8 Å². The average molecular weight is 309 g/mol. The molecule has 0 aromatic carbocycles. The van der Waals surface area contributed by atoms with Crippen molar-refractivity contribution in [3.63, 3.8) is 0 Å². The van der Waals surface area contributed by atoms with E-state index in [1.54, 1.807) is 23.3 Å². The summed E-state index contributed by atoms with van der Waals surface area (Å²) in [5.41, 5.74) is 0. The zero-order chi connectivity index (χ0) is 15.4. The van der Waals surface area contributed by atoms with Crippen LogP contribution < -0.4 is 5.32 Å². The number of thiophene rings is 1. The fraction of sp³-hybridized carbons (Fsp3) is 0.600. The number of hydrogen-bond donors (Lipinski definition) is 1. The number of rotatable bonds is 6. The number of amides is 2. The van der Waals surface area contributed by atoms with Crippen LogP contribution in [0.1, 0.15) is 23.8 Å². The van der Waals surface area contributed by atoms with Crippen molar-refractivity contribution in [2.75, 3.05) is 34.2 Å². The Morgan fingerprint density at radius 1 is 1.52 bits per heavy atom. The molecule has 1 aliphatic heterocycles. The second kappa shape index (κ2) is 7.04. The molecule has 1 saturated heterocycles. The van der Waals surface area contributed by atoms with Crippen molar-refractivity contribution in [2.45, 2.75) is 18.9 Å². The third-order valence-corrected chi connectivity index (χ3v) is 4.78. The van der Waals surface area contributed by atoms with E-state index in [-0.39, 0.29) is 23.8 Å². The van der Waals surface area contributed by atoms with E-state index < -0.39 is 0 Å². The molecule has 2 amide bonds. The maximum Gasteiger partial charge on any atom is 0.226 e. The van der Waals surface area contributed by atoms with Crippen LogP contribution in [0.3, 0.4) is 0 Å². The van der Waals surface area contributed by atoms with Gasteiger partial charge in [-0.2, -0.15) is 0 Å². The average Bonchev–Trinajstić information content (AvgIpc) is 3.04. The van der Waals surface area contributed by atoms with E-state index in [0.717, 1.165) is 17.8 Å². The lowest BCUT2D eigenvalue weighted by atomic mass is 9.98. The predicted octanol–water partition coefficient (Wildman–Crippen LogP) is 1.34. The van der Waals surface area contributed by atoms with Gasteiger partial charge >= 0.3 is 0 Å². The lowest BCUT2D eigenvalue weighted by Crippen LogP contribution is -2.35. The first-order valence-electron chi connectivity index (χ1n) is 7.22. The number of nitrogens with zero attached hydrogens (tertiary/aromatic N) is 2. The molecule has 21 heavy (non-hydrogen) atoms. The van der Waals surface area contributed by atoms with Gasteiger partial charge in [0.05, 0.1) is 12.0 Å². The summed E-state index contributed by atoms with van der Waals surface area (Å²) in [4.78, 5) is 29.2. The topological polar surface area (TPSA) is 52.7 Å². The van der Waals surface area contributed by atoms with Crippen LogP contribution >= 0.6 is 11.3 Å². The SMILES string of the molecule is CN(C)CCCNC(=O)[C@@H]1CC(=O)N(C)[C@H]1c1cccs1. The maximum atomic E-state index is 12.4. The molecule has 1 aromatic rings. The first kappa shape index (κ1) is 16.0. The molecule has 0 aliphatic carbocycles. The van der Waals surface area contributed by atoms with Gasteiger partial charge in [0, 0.05) is 24.9 Å². The van der Waals surface area contributed by atoms with E-state index in [1.165, 1.54) is 0 Å². The predicted molar refractivity (Wildman–Crippen MR) is 84.1 cm³/mol. The quantitative estimate of drug-likeness (QED) is 0.807. The monoisotopic (exact) mass is 309 g/mol. The minimum Gasteiger partial charge on any atom is -0.356 e. The molecule has 0 bridgehead atoms. The summed E-state index contributed by atoms with van der Waals surface area (Å²) in [6.45, 7) is 1.60. The van der Waals surface area contributed by atoms with Crippen LogP contribution in [-0.2, 0) is 9.59 Å². The molecule has 1 aliphatic rings. The number of hydrogen-bond acceptors (Lipinski definition) is 4. The van der Waals surface area contributed by atoms with E-state index in [1.807, 2.05) is 31.6 Å². The molecule has 2 heterocycles. The molecular formula is C15H23N3O2S. The largest absolute Gasteiger partial charge is 0.356 e. The molecule has 0 radical (unpaired) electrons. The van der Waals surface area contributed by atoms with E-state index in [0.29, 0.717) is 13.0 Å². The minimum absolute atomic E-state index is 0.00939. The van der Waals surface area contributed by atoms with Crippen molar-refractivity contribution < 1.29 is 9.59 Å². The van der Waals surface area contributed by atoms with Gasteiger partial charge in [-0.05, 0) is 38.5 Å². The molecule has 1 aromatic heterocycles. The zero-order valence-electron chi connectivity index (χ0n) is 12.8. The van der Waals surface area contributed by atoms with Crippen LogP contribution in [0.2, 0.25) is 0 Å². The summed E-state index contributed by atoms with van der Waals surface area (Å²) >= 11 is 1.60. The molecule has 2 atom stereocenters. The fourth-order valence-electron chi connectivity index (χ4n) is 2.69. The van der Waals surface area contributed by atoms with E-state index in [9.17, 15) is 9.59 Å². The van der Waals surface area contributed by atoms with Crippen LogP contribution in [0, 0.1) is 5.92 Å². The van der Waals surface area contributed by atoms with Crippen molar-refractivity contribution in [3.05, 3.63) is 22.4 Å². The molecule has 1 N–H and O–H groups in total. The Kier molecular flexibility index (Phi) is 5.36. The first-order chi connectivity index (χ1) is 10.0. The molecule has 0 unspecified atom stereocenters. The van der Waals surface area contributed by atoms with Gasteiger partial charge in [-0.15, -0.1) is 11.3 Å². The Morgan fingerprint density at radius 3 is 2.90 bits per heavy atom. The third-order valence-electron chi connectivity index (χ3n) is 3.84. The summed E-state index contributed by atoms with van der Waals surface area (Å²) in [6.07, 6.45) is 1.22. The smallest absolute Gasteiger partial charge is 0.226 e. The van der Waals surface area contributed by atoms with Crippen molar-refractivity contribution >= 4 is 23.2 Å². The molecular weight excluding hydrogens is 286 g/mol. The number of likely N-dealkylation sites (tertiary alicyclic amines) is 1. The molecule has 5 nitrogen and oxygen atoms in total. The van der Waals surface area contributed by atoms with Gasteiger partial charge in [-0.3, -0.25) is 9.59 Å². The molecule has 6 heteroatoms. The molecule has 1 fully saturated rings. The number of carbonyl (C=O) groups is 2. The highest BCUT2D eigenvalue weighted by atomic mass is 32.1. The van der Waals surface area contributed by atoms with Gasteiger partial charge in [0.15, 0.2) is 0 Å². The normalized spacial score (nSPS) is 22.1. The van der Waals surface area contributed by atoms with Gasteiger partial charge in [0.2, 0.25) is 11.8 Å². The Morgan fingerprint density at radius 2 is 2.29 bits per heavy atom. The Bertz CT molecular complexity index is 487. The van der Waals surface area contributed by atoms with Crippen LogP contribution in [0.5, 0.6) is 0 Å². The number of nitrogens with one attached hydrogen (secondary N) is 1. The van der Waals surface area contributed by atoms with Gasteiger partial charge in [-0.25, -0.2) is 0 Å². The first-order valence-corrected chi connectivity index (χ1v) is 8.10. The summed E-state index contributed by atoms with van der Waals surface area (Å²) in [5.74, 6) is -0.243. The van der Waals surface area contributed by atoms with Gasteiger partial charge in [-0.1, -0.05) is 6.07 Å². The van der Waals surface area contributed by atoms with Crippen LogP contribution in [0.25, 0.3) is 0 Å². The van der Waals surface area contributed by atoms with Crippen molar-refractivity contribution in [1.29, 1.82) is 0 Å². The zero-order valence-corrected chi connectivity index (χ0v) is 13.7. The third kappa shape index (κ3) is 3.83. The highest BCUT2D eigenvalue weighted by Gasteiger charge is 2.42. The van der Waals surface area contributed by atoms with Gasteiger partial charge in [0.25, 0.3) is 0 Å². The summed E-state index contributed by atoms with van der Waals surface area (Å²) < 4.78 is 0. The van der Waals surface area contributed by atoms with E-state index in [2.05, 4.69) is 10.2 Å². The molecule has 0 spiro atoms. The maximum absolute atomic E-state index is 12.4. The summed E-state index contributed by atoms with van der Waals surface area (Å²) in [6, 6.07) is 3.84. The number of carbonyl (C=O) groups excluding carboxylic acids is 2. The second-order valence-electron chi connectivity index (χ2n) is 5.72. The Labute approximate surface area is 129 Å². The summed E-state index contributed by atoms with van der Waals surface area (Å²) in [7, 11) is 5.81. The van der Waals surface area contributed by atoms with E-state index in [4.69, 9.17) is 0 Å². The highest BCUT2D eigenvalue weighted by Crippen LogP contribution is 2.38. The lowest BCUT2D eigenvalue weighted by molar-refractivity contribution is -0.128. The van der Waals surface area contributed by atoms with Crippen molar-refractivity contribution in [1.82, 2.24) is 15.1 Å². The highest BCUT2D eigenvalue weighted by molar-refractivity contribution is 7.10. The van der Waals surface area contributed by atoms with Crippen LogP contribution in [0.15, 0.2) is 17.5 Å². The molecule has 0 saturated carbocycles. The Hall–Kier alpha value is -1.40. The molecule has 116 valence electrons. The Balaban J connectivity index is 1.97. The summed E-state index contributed by atoms with van der Waals surface area (Å²) in [5, 5.41) is 4.96. The molecule has 2 rings (SSSR count). The second-order valence-corrected chi connectivity index (χ2v) is 6.70. The fourth-order valence-corrected chi connectivity index (χ4v) is 3.62. The minimum atomic E-state index is -0.277. The lowest BCUT2D eigenvalue weighted by Gasteiger charge is -2.23. The van der Waals surface area contributed by atoms with Gasteiger partial charge < -0.3 is 15.1 Å². The van der Waals surface area contributed by atoms with Gasteiger partial charge in [0.1, 0.15) is 0 Å². The standard InChI is InChI=1S/C15H23N3O2S/c1-17(2)8-5-7-16-15(20)11-10-13(19)18(3)14(11)12-6-4-9-21-12/h4,6,9,11,14H,5,7-8,10H2,1-3H3,(H,16,20)/t11-,14-/m1/s1. The van der Waals surface area contributed by atoms with Crippen molar-refractivity contribution in [3.8, 4) is 0 Å². The van der Waals surface area contributed by atoms with Crippen molar-refractivity contribution in [2.24, 2.45) is 5.92 Å².